The Kier molecular flexibility index (Phi) is 4.16. The number of carboxylic acids is 1. The molecule has 2 aromatic rings. The number of pyridine rings is 1. The fourth-order valence-electron chi connectivity index (χ4n) is 1.64. The molecule has 0 atom stereocenters. The van der Waals surface area contributed by atoms with Gasteiger partial charge >= 0.3 is 5.97 Å². The monoisotopic (exact) mass is 278 g/mol. The van der Waals surface area contributed by atoms with E-state index in [0.29, 0.717) is 11.0 Å². The molecule has 0 fully saturated rings. The van der Waals surface area contributed by atoms with Crippen LogP contribution in [0.5, 0.6) is 0 Å². The number of thioether (sulfide) groups is 1. The molecule has 1 N–H and O–H groups in total. The van der Waals surface area contributed by atoms with Gasteiger partial charge in [-0.05, 0) is 26.0 Å². The van der Waals surface area contributed by atoms with Gasteiger partial charge in [-0.25, -0.2) is 0 Å². The summed E-state index contributed by atoms with van der Waals surface area (Å²) in [7, 11) is 0. The molecule has 0 radical (unpaired) electrons. The summed E-state index contributed by atoms with van der Waals surface area (Å²) in [4.78, 5) is 14.9. The molecule has 0 aliphatic heterocycles. The number of carbonyl (C=O) groups is 1. The third kappa shape index (κ3) is 3.11. The molecule has 7 heteroatoms. The SMILES string of the molecule is CC(C)n1c(SCC(=O)O)nnc1-c1ccccn1. The Bertz CT molecular complexity index is 568. The second-order valence-corrected chi connectivity index (χ2v) is 5.11. The molecule has 0 aliphatic rings. The van der Waals surface area contributed by atoms with Crippen molar-refractivity contribution in [2.24, 2.45) is 0 Å². The minimum absolute atomic E-state index is 0.0347. The van der Waals surface area contributed by atoms with Crippen LogP contribution in [0.25, 0.3) is 11.5 Å². The molecule has 6 nitrogen and oxygen atoms in total. The molecule has 2 rings (SSSR count). The highest BCUT2D eigenvalue weighted by molar-refractivity contribution is 7.99. The predicted octanol–water partition coefficient (Wildman–Crippen LogP) is 2.10. The maximum absolute atomic E-state index is 10.6. The van der Waals surface area contributed by atoms with Crippen molar-refractivity contribution in [1.82, 2.24) is 19.7 Å². The second-order valence-electron chi connectivity index (χ2n) is 4.17. The van der Waals surface area contributed by atoms with Gasteiger partial charge in [0, 0.05) is 12.2 Å². The Morgan fingerprint density at radius 1 is 1.42 bits per heavy atom. The standard InChI is InChI=1S/C12H14N4O2S/c1-8(2)16-11(9-5-3-4-6-13-9)14-15-12(16)19-7-10(17)18/h3-6,8H,7H2,1-2H3,(H,17,18). The highest BCUT2D eigenvalue weighted by Crippen LogP contribution is 2.26. The zero-order valence-electron chi connectivity index (χ0n) is 10.6. The van der Waals surface area contributed by atoms with Gasteiger partial charge in [-0.3, -0.25) is 14.3 Å². The van der Waals surface area contributed by atoms with Crippen molar-refractivity contribution >= 4 is 17.7 Å². The topological polar surface area (TPSA) is 80.9 Å². The second kappa shape index (κ2) is 5.83. The van der Waals surface area contributed by atoms with Crippen LogP contribution in [-0.4, -0.2) is 36.6 Å². The van der Waals surface area contributed by atoms with E-state index in [1.54, 1.807) is 6.20 Å². The molecule has 0 spiro atoms. The highest BCUT2D eigenvalue weighted by Gasteiger charge is 2.18. The highest BCUT2D eigenvalue weighted by atomic mass is 32.2. The average molecular weight is 278 g/mol. The third-order valence-electron chi connectivity index (χ3n) is 2.40. The Morgan fingerprint density at radius 2 is 2.21 bits per heavy atom. The van der Waals surface area contributed by atoms with Crippen LogP contribution in [0.2, 0.25) is 0 Å². The molecule has 0 unspecified atom stereocenters. The fourth-order valence-corrected chi connectivity index (χ4v) is 2.42. The molecular weight excluding hydrogens is 264 g/mol. The number of rotatable bonds is 5. The van der Waals surface area contributed by atoms with Crippen LogP contribution in [0.3, 0.4) is 0 Å². The van der Waals surface area contributed by atoms with E-state index < -0.39 is 5.97 Å². The lowest BCUT2D eigenvalue weighted by Crippen LogP contribution is -2.07. The zero-order valence-corrected chi connectivity index (χ0v) is 11.5. The van der Waals surface area contributed by atoms with E-state index in [0.717, 1.165) is 17.5 Å². The van der Waals surface area contributed by atoms with E-state index in [1.165, 1.54) is 0 Å². The molecule has 0 bridgehead atoms. The summed E-state index contributed by atoms with van der Waals surface area (Å²) in [5.74, 6) is -0.251. The van der Waals surface area contributed by atoms with E-state index in [9.17, 15) is 4.79 Å². The first-order valence-electron chi connectivity index (χ1n) is 5.80. The van der Waals surface area contributed by atoms with Gasteiger partial charge in [0.25, 0.3) is 0 Å². The zero-order chi connectivity index (χ0) is 13.8. The first kappa shape index (κ1) is 13.5. The van der Waals surface area contributed by atoms with E-state index in [1.807, 2.05) is 36.6 Å². The molecule has 0 amide bonds. The third-order valence-corrected chi connectivity index (χ3v) is 3.33. The largest absolute Gasteiger partial charge is 0.481 e. The van der Waals surface area contributed by atoms with Crippen LogP contribution in [0, 0.1) is 0 Å². The predicted molar refractivity (Wildman–Crippen MR) is 72.0 cm³/mol. The maximum atomic E-state index is 10.6. The summed E-state index contributed by atoms with van der Waals surface area (Å²) in [6.07, 6.45) is 1.69. The van der Waals surface area contributed by atoms with Crippen molar-refractivity contribution in [3.05, 3.63) is 24.4 Å². The molecule has 2 heterocycles. The summed E-state index contributed by atoms with van der Waals surface area (Å²) >= 11 is 1.16. The van der Waals surface area contributed by atoms with Crippen LogP contribution in [0.4, 0.5) is 0 Å². The Morgan fingerprint density at radius 3 is 2.79 bits per heavy atom. The minimum Gasteiger partial charge on any atom is -0.481 e. The summed E-state index contributed by atoms with van der Waals surface area (Å²) in [6.45, 7) is 4.00. The first-order valence-corrected chi connectivity index (χ1v) is 6.79. The van der Waals surface area contributed by atoms with Crippen molar-refractivity contribution < 1.29 is 9.90 Å². The van der Waals surface area contributed by atoms with Crippen molar-refractivity contribution in [2.75, 3.05) is 5.75 Å². The van der Waals surface area contributed by atoms with Crippen molar-refractivity contribution in [3.63, 3.8) is 0 Å². The van der Waals surface area contributed by atoms with E-state index >= 15 is 0 Å². The molecule has 0 aromatic carbocycles. The summed E-state index contributed by atoms with van der Waals surface area (Å²) in [5, 5.41) is 17.5. The van der Waals surface area contributed by atoms with Crippen molar-refractivity contribution in [2.45, 2.75) is 25.0 Å². The van der Waals surface area contributed by atoms with Crippen LogP contribution in [-0.2, 0) is 4.79 Å². The van der Waals surface area contributed by atoms with Gasteiger partial charge in [0.2, 0.25) is 0 Å². The van der Waals surface area contributed by atoms with Gasteiger partial charge in [-0.15, -0.1) is 10.2 Å². The van der Waals surface area contributed by atoms with Crippen LogP contribution < -0.4 is 0 Å². The van der Waals surface area contributed by atoms with Crippen molar-refractivity contribution in [3.8, 4) is 11.5 Å². The normalized spacial score (nSPS) is 10.9. The molecule has 2 aromatic heterocycles. The van der Waals surface area contributed by atoms with E-state index in [-0.39, 0.29) is 11.8 Å². The Labute approximate surface area is 114 Å². The molecule has 0 saturated heterocycles. The number of aliphatic carboxylic acids is 1. The van der Waals surface area contributed by atoms with Crippen LogP contribution >= 0.6 is 11.8 Å². The van der Waals surface area contributed by atoms with Crippen LogP contribution in [0.1, 0.15) is 19.9 Å². The number of aromatic nitrogens is 4. The quantitative estimate of drug-likeness (QED) is 0.843. The lowest BCUT2D eigenvalue weighted by Gasteiger charge is -2.12. The van der Waals surface area contributed by atoms with Gasteiger partial charge in [0.1, 0.15) is 5.69 Å². The minimum atomic E-state index is -0.873. The molecule has 100 valence electrons. The number of hydrogen-bond donors (Lipinski definition) is 1. The van der Waals surface area contributed by atoms with Crippen molar-refractivity contribution in [1.29, 1.82) is 0 Å². The molecule has 0 aliphatic carbocycles. The average Bonchev–Trinajstić information content (AvgIpc) is 2.81. The number of carboxylic acid groups (broad SMARTS) is 1. The molecular formula is C12H14N4O2S. The fraction of sp³-hybridized carbons (Fsp3) is 0.333. The Balaban J connectivity index is 2.37. The van der Waals surface area contributed by atoms with Gasteiger partial charge < -0.3 is 5.11 Å². The first-order chi connectivity index (χ1) is 9.09. The van der Waals surface area contributed by atoms with Gasteiger partial charge in [-0.2, -0.15) is 0 Å². The molecule has 19 heavy (non-hydrogen) atoms. The maximum Gasteiger partial charge on any atom is 0.313 e. The summed E-state index contributed by atoms with van der Waals surface area (Å²) < 4.78 is 1.90. The van der Waals surface area contributed by atoms with Gasteiger partial charge in [-0.1, -0.05) is 17.8 Å². The van der Waals surface area contributed by atoms with Gasteiger partial charge in [0.05, 0.1) is 5.75 Å². The molecule has 0 saturated carbocycles. The number of hydrogen-bond acceptors (Lipinski definition) is 5. The van der Waals surface area contributed by atoms with E-state index in [4.69, 9.17) is 5.11 Å². The lowest BCUT2D eigenvalue weighted by molar-refractivity contribution is -0.133. The van der Waals surface area contributed by atoms with E-state index in [2.05, 4.69) is 15.2 Å². The summed E-state index contributed by atoms with van der Waals surface area (Å²) in [6, 6.07) is 5.70. The van der Waals surface area contributed by atoms with Gasteiger partial charge in [0.15, 0.2) is 11.0 Å². The summed E-state index contributed by atoms with van der Waals surface area (Å²) in [5.41, 5.74) is 0.728. The smallest absolute Gasteiger partial charge is 0.313 e. The van der Waals surface area contributed by atoms with Crippen LogP contribution in [0.15, 0.2) is 29.6 Å². The Hall–Kier alpha value is -1.89. The lowest BCUT2D eigenvalue weighted by atomic mass is 10.3. The number of nitrogens with zero attached hydrogens (tertiary/aromatic N) is 4.